The number of sulfonamides is 2. The Morgan fingerprint density at radius 1 is 0.854 bits per heavy atom. The maximum atomic E-state index is 13.8. The van der Waals surface area contributed by atoms with Crippen LogP contribution in [0.5, 0.6) is 5.75 Å². The quantitative estimate of drug-likeness (QED) is 0.199. The summed E-state index contributed by atoms with van der Waals surface area (Å²) in [5, 5.41) is 11.6. The van der Waals surface area contributed by atoms with Gasteiger partial charge in [0.2, 0.25) is 26.0 Å². The van der Waals surface area contributed by atoms with Crippen LogP contribution in [-0.4, -0.2) is 69.3 Å². The molecule has 1 heterocycles. The van der Waals surface area contributed by atoms with Crippen LogP contribution in [-0.2, 0) is 37.9 Å². The van der Waals surface area contributed by atoms with Gasteiger partial charge in [-0.05, 0) is 85.2 Å². The molecule has 14 heteroatoms. The number of anilines is 1. The smallest absolute Gasteiger partial charge is 0.243 e. The van der Waals surface area contributed by atoms with Crippen LogP contribution in [0.1, 0.15) is 16.7 Å². The first-order chi connectivity index (χ1) is 22.9. The van der Waals surface area contributed by atoms with E-state index in [-0.39, 0.29) is 36.0 Å². The van der Waals surface area contributed by atoms with Crippen LogP contribution < -0.4 is 20.5 Å². The molecule has 0 spiro atoms. The molecule has 252 valence electrons. The number of benzene rings is 4. The molecule has 4 N–H and O–H groups in total. The zero-order chi connectivity index (χ0) is 34.3. The molecule has 1 unspecified atom stereocenters. The predicted octanol–water partition coefficient (Wildman–Crippen LogP) is 3.65. The van der Waals surface area contributed by atoms with Gasteiger partial charge in [0.05, 0.1) is 9.79 Å². The SMILES string of the molecule is Cc1ccc(S(=O)(=O)N2CCN(C(=S)Nc3ccc(OCc4ccccc4)cc3)CC2C(=O)NCCc2ccc(S(N)(=O)=O)cc2)cc1. The van der Waals surface area contributed by atoms with Crippen LogP contribution in [0.15, 0.2) is 113 Å². The number of amides is 1. The Morgan fingerprint density at radius 2 is 1.50 bits per heavy atom. The zero-order valence-corrected chi connectivity index (χ0v) is 28.7. The summed E-state index contributed by atoms with van der Waals surface area (Å²) in [5.41, 5.74) is 3.47. The highest BCUT2D eigenvalue weighted by Crippen LogP contribution is 2.24. The monoisotopic (exact) mass is 707 g/mol. The summed E-state index contributed by atoms with van der Waals surface area (Å²) in [6, 6.07) is 28.7. The third-order valence-corrected chi connectivity index (χ3v) is 11.1. The first-order valence-electron chi connectivity index (χ1n) is 15.2. The Bertz CT molecular complexity index is 1940. The average Bonchev–Trinajstić information content (AvgIpc) is 3.08. The highest BCUT2D eigenvalue weighted by molar-refractivity contribution is 7.89. The van der Waals surface area contributed by atoms with E-state index in [9.17, 15) is 21.6 Å². The van der Waals surface area contributed by atoms with E-state index in [4.69, 9.17) is 22.1 Å². The van der Waals surface area contributed by atoms with Gasteiger partial charge in [-0.3, -0.25) is 4.79 Å². The van der Waals surface area contributed by atoms with Gasteiger partial charge in [0.15, 0.2) is 5.11 Å². The number of hydrogen-bond donors (Lipinski definition) is 3. The number of carbonyl (C=O) groups excluding carboxylic acids is 1. The third-order valence-electron chi connectivity index (χ3n) is 7.87. The summed E-state index contributed by atoms with van der Waals surface area (Å²) >= 11 is 5.70. The fraction of sp³-hybridized carbons (Fsp3) is 0.235. The fourth-order valence-electron chi connectivity index (χ4n) is 5.17. The Kier molecular flexibility index (Phi) is 11.1. The second kappa shape index (κ2) is 15.3. The van der Waals surface area contributed by atoms with Crippen LogP contribution in [0.4, 0.5) is 5.69 Å². The molecule has 1 aliphatic rings. The molecular weight excluding hydrogens is 671 g/mol. The molecule has 1 saturated heterocycles. The van der Waals surface area contributed by atoms with Crippen LogP contribution in [0, 0.1) is 6.92 Å². The van der Waals surface area contributed by atoms with Crippen LogP contribution in [0.3, 0.4) is 0 Å². The summed E-state index contributed by atoms with van der Waals surface area (Å²) in [5.74, 6) is 0.224. The maximum absolute atomic E-state index is 13.8. The number of primary sulfonamides is 1. The van der Waals surface area contributed by atoms with E-state index >= 15 is 0 Å². The minimum absolute atomic E-state index is 0.00792. The van der Waals surface area contributed by atoms with E-state index in [0.717, 1.165) is 22.4 Å². The van der Waals surface area contributed by atoms with Crippen molar-refractivity contribution in [2.24, 2.45) is 5.14 Å². The number of rotatable bonds is 11. The Labute approximate surface area is 286 Å². The van der Waals surface area contributed by atoms with Gasteiger partial charge in [-0.15, -0.1) is 0 Å². The number of aryl methyl sites for hydroxylation is 1. The summed E-state index contributed by atoms with van der Waals surface area (Å²) in [4.78, 5) is 15.5. The van der Waals surface area contributed by atoms with Gasteiger partial charge in [0, 0.05) is 31.9 Å². The molecule has 0 radical (unpaired) electrons. The zero-order valence-electron chi connectivity index (χ0n) is 26.3. The second-order valence-corrected chi connectivity index (χ2v) is 15.2. The molecule has 1 atom stereocenters. The molecule has 0 aromatic heterocycles. The summed E-state index contributed by atoms with van der Waals surface area (Å²) in [7, 11) is -7.83. The van der Waals surface area contributed by atoms with Crippen LogP contribution in [0.2, 0.25) is 0 Å². The minimum atomic E-state index is -4.01. The largest absolute Gasteiger partial charge is 0.489 e. The number of ether oxygens (including phenoxy) is 1. The van der Waals surface area contributed by atoms with Crippen LogP contribution >= 0.6 is 12.2 Å². The molecule has 0 aliphatic carbocycles. The van der Waals surface area contributed by atoms with Gasteiger partial charge in [-0.1, -0.05) is 60.2 Å². The van der Waals surface area contributed by atoms with E-state index < -0.39 is 32.0 Å². The lowest BCUT2D eigenvalue weighted by Gasteiger charge is -2.40. The van der Waals surface area contributed by atoms with E-state index in [1.807, 2.05) is 61.5 Å². The van der Waals surface area contributed by atoms with E-state index in [0.29, 0.717) is 23.9 Å². The lowest BCUT2D eigenvalue weighted by atomic mass is 10.1. The van der Waals surface area contributed by atoms with Crippen molar-refractivity contribution in [2.45, 2.75) is 35.8 Å². The van der Waals surface area contributed by atoms with Gasteiger partial charge >= 0.3 is 0 Å². The van der Waals surface area contributed by atoms with Crippen molar-refractivity contribution in [3.63, 3.8) is 0 Å². The topological polar surface area (TPSA) is 151 Å². The average molecular weight is 708 g/mol. The van der Waals surface area contributed by atoms with Crippen molar-refractivity contribution < 1.29 is 26.4 Å². The van der Waals surface area contributed by atoms with Gasteiger partial charge in [0.1, 0.15) is 18.4 Å². The van der Waals surface area contributed by atoms with Gasteiger partial charge in [-0.2, -0.15) is 4.31 Å². The highest BCUT2D eigenvalue weighted by Gasteiger charge is 2.40. The maximum Gasteiger partial charge on any atom is 0.243 e. The Hall–Kier alpha value is -4.34. The van der Waals surface area contributed by atoms with Crippen molar-refractivity contribution in [1.82, 2.24) is 14.5 Å². The second-order valence-electron chi connectivity index (χ2n) is 11.3. The number of nitrogens with one attached hydrogen (secondary N) is 2. The molecule has 5 rings (SSSR count). The van der Waals surface area contributed by atoms with Crippen molar-refractivity contribution >= 4 is 49.0 Å². The fourth-order valence-corrected chi connectivity index (χ4v) is 7.54. The van der Waals surface area contributed by atoms with E-state index in [1.165, 1.54) is 28.6 Å². The van der Waals surface area contributed by atoms with E-state index in [1.54, 1.807) is 29.2 Å². The summed E-state index contributed by atoms with van der Waals surface area (Å²) < 4.78 is 57.8. The van der Waals surface area contributed by atoms with Gasteiger partial charge in [0.25, 0.3) is 0 Å². The van der Waals surface area contributed by atoms with Gasteiger partial charge in [-0.25, -0.2) is 22.0 Å². The molecule has 0 saturated carbocycles. The number of carbonyl (C=O) groups is 1. The van der Waals surface area contributed by atoms with Crippen molar-refractivity contribution in [2.75, 3.05) is 31.5 Å². The Morgan fingerprint density at radius 3 is 2.15 bits per heavy atom. The van der Waals surface area contributed by atoms with Crippen LogP contribution in [0.25, 0.3) is 0 Å². The molecule has 0 bridgehead atoms. The molecule has 1 aliphatic heterocycles. The van der Waals surface area contributed by atoms with Crippen molar-refractivity contribution in [3.8, 4) is 5.75 Å². The minimum Gasteiger partial charge on any atom is -0.489 e. The molecule has 1 fully saturated rings. The van der Waals surface area contributed by atoms with Crippen molar-refractivity contribution in [1.29, 1.82) is 0 Å². The molecular formula is C34H37N5O6S3. The standard InChI is InChI=1S/C34H37N5O6S3/c1-25-7-15-31(16-8-25)48(43,44)39-22-21-38(23-32(39)33(40)36-20-19-26-9-17-30(18-10-26)47(35,41)42)34(46)37-28-11-13-29(14-12-28)45-24-27-5-3-2-4-6-27/h2-18,32H,19-24H2,1H3,(H,36,40)(H,37,46)(H2,35,41,42). The number of piperazine rings is 1. The first-order valence-corrected chi connectivity index (χ1v) is 18.6. The van der Waals surface area contributed by atoms with Crippen molar-refractivity contribution in [3.05, 3.63) is 120 Å². The van der Waals surface area contributed by atoms with Gasteiger partial charge < -0.3 is 20.3 Å². The lowest BCUT2D eigenvalue weighted by molar-refractivity contribution is -0.125. The Balaban J connectivity index is 1.25. The lowest BCUT2D eigenvalue weighted by Crippen LogP contribution is -2.62. The predicted molar refractivity (Wildman–Crippen MR) is 188 cm³/mol. The summed E-state index contributed by atoms with van der Waals surface area (Å²) in [6.45, 7) is 2.85. The number of nitrogens with zero attached hydrogens (tertiary/aromatic N) is 2. The number of hydrogen-bond acceptors (Lipinski definition) is 7. The molecule has 11 nitrogen and oxygen atoms in total. The molecule has 4 aromatic carbocycles. The summed E-state index contributed by atoms with van der Waals surface area (Å²) in [6.07, 6.45) is 0.392. The number of nitrogens with two attached hydrogens (primary N) is 1. The molecule has 48 heavy (non-hydrogen) atoms. The number of thiocarbonyl (C=S) groups is 1. The first kappa shape index (κ1) is 35.0. The highest BCUT2D eigenvalue weighted by atomic mass is 32.2. The normalized spacial score (nSPS) is 15.5. The third kappa shape index (κ3) is 8.96. The van der Waals surface area contributed by atoms with E-state index in [2.05, 4.69) is 10.6 Å². The molecule has 1 amide bonds. The molecule has 4 aromatic rings.